The molecule has 7 nitrogen and oxygen atoms in total. The van der Waals surface area contributed by atoms with Gasteiger partial charge in [-0.3, -0.25) is 10.1 Å². The van der Waals surface area contributed by atoms with E-state index in [1.54, 1.807) is 0 Å². The van der Waals surface area contributed by atoms with Gasteiger partial charge < -0.3 is 10.2 Å². The van der Waals surface area contributed by atoms with Gasteiger partial charge in [0.25, 0.3) is 5.69 Å². The van der Waals surface area contributed by atoms with Crippen LogP contribution in [0.3, 0.4) is 0 Å². The van der Waals surface area contributed by atoms with Gasteiger partial charge in [-0.25, -0.2) is 8.42 Å². The number of rotatable bonds is 6. The van der Waals surface area contributed by atoms with E-state index < -0.39 is 31.1 Å². The van der Waals surface area contributed by atoms with Crippen LogP contribution in [0.5, 0.6) is 0 Å². The van der Waals surface area contributed by atoms with E-state index in [0.29, 0.717) is 6.07 Å². The predicted octanol–water partition coefficient (Wildman–Crippen LogP) is 2.49. The molecule has 0 aromatic heterocycles. The first-order valence-electron chi connectivity index (χ1n) is 7.38. The summed E-state index contributed by atoms with van der Waals surface area (Å²) in [4.78, 5) is 11.7. The van der Waals surface area contributed by atoms with Gasteiger partial charge in [-0.1, -0.05) is 0 Å². The summed E-state index contributed by atoms with van der Waals surface area (Å²) in [7, 11) is -1.05. The number of alkyl halides is 2. The zero-order chi connectivity index (χ0) is 18.1. The number of nitro benzene ring substituents is 1. The molecule has 1 aromatic carbocycles. The number of nitrogens with one attached hydrogen (secondary N) is 1. The van der Waals surface area contributed by atoms with Gasteiger partial charge in [0.2, 0.25) is 9.84 Å². The molecule has 1 aliphatic rings. The zero-order valence-corrected chi connectivity index (χ0v) is 14.1. The van der Waals surface area contributed by atoms with E-state index in [0.717, 1.165) is 25.3 Å². The number of sulfone groups is 1. The van der Waals surface area contributed by atoms with Gasteiger partial charge in [-0.2, -0.15) is 8.78 Å². The quantitative estimate of drug-likeness (QED) is 0.617. The van der Waals surface area contributed by atoms with Crippen LogP contribution in [0.15, 0.2) is 23.1 Å². The molecule has 1 aliphatic carbocycles. The highest BCUT2D eigenvalue weighted by Crippen LogP contribution is 2.33. The van der Waals surface area contributed by atoms with Crippen LogP contribution in [-0.4, -0.2) is 50.2 Å². The molecule has 0 aliphatic heterocycles. The highest BCUT2D eigenvalue weighted by atomic mass is 32.2. The number of nitro groups is 1. The van der Waals surface area contributed by atoms with Crippen LogP contribution in [0.4, 0.5) is 20.2 Å². The summed E-state index contributed by atoms with van der Waals surface area (Å²) >= 11 is 0. The Morgan fingerprint density at radius 3 is 2.54 bits per heavy atom. The molecule has 24 heavy (non-hydrogen) atoms. The van der Waals surface area contributed by atoms with E-state index in [1.165, 1.54) is 6.07 Å². The fourth-order valence-electron chi connectivity index (χ4n) is 2.99. The van der Waals surface area contributed by atoms with Crippen LogP contribution in [0.2, 0.25) is 0 Å². The Hall–Kier alpha value is -1.81. The lowest BCUT2D eigenvalue weighted by molar-refractivity contribution is -0.384. The fraction of sp³-hybridized carbons (Fsp3) is 0.571. The molecular weight excluding hydrogens is 344 g/mol. The minimum Gasteiger partial charge on any atom is -0.375 e. The SMILES string of the molecule is CN(C)[C@H]1CCC[C@@H]1Nc1ccc(S(=O)(=O)C(F)F)cc1[N+](=O)[O-]. The van der Waals surface area contributed by atoms with E-state index in [1.807, 2.05) is 19.0 Å². The largest absolute Gasteiger partial charge is 0.375 e. The maximum atomic E-state index is 12.6. The number of anilines is 1. The molecule has 1 aromatic rings. The average Bonchev–Trinajstić information content (AvgIpc) is 2.95. The van der Waals surface area contributed by atoms with Gasteiger partial charge in [0.05, 0.1) is 9.82 Å². The maximum absolute atomic E-state index is 12.6. The lowest BCUT2D eigenvalue weighted by atomic mass is 10.1. The van der Waals surface area contributed by atoms with Gasteiger partial charge in [0.1, 0.15) is 5.69 Å². The molecule has 0 bridgehead atoms. The molecule has 2 rings (SSSR count). The Morgan fingerprint density at radius 2 is 2.00 bits per heavy atom. The van der Waals surface area contributed by atoms with Gasteiger partial charge in [-0.15, -0.1) is 0 Å². The monoisotopic (exact) mass is 363 g/mol. The number of benzene rings is 1. The van der Waals surface area contributed by atoms with Crippen molar-refractivity contribution >= 4 is 21.2 Å². The molecular formula is C14H19F2N3O4S. The molecule has 1 fully saturated rings. The normalized spacial score (nSPS) is 21.4. The summed E-state index contributed by atoms with van der Waals surface area (Å²) in [5.74, 6) is -3.62. The molecule has 134 valence electrons. The number of nitrogens with zero attached hydrogens (tertiary/aromatic N) is 2. The van der Waals surface area contributed by atoms with Crippen LogP contribution < -0.4 is 5.32 Å². The minimum atomic E-state index is -4.87. The predicted molar refractivity (Wildman–Crippen MR) is 85.0 cm³/mol. The molecule has 0 spiro atoms. The second-order valence-electron chi connectivity index (χ2n) is 5.95. The van der Waals surface area contributed by atoms with Crippen LogP contribution in [0, 0.1) is 10.1 Å². The number of hydrogen-bond donors (Lipinski definition) is 1. The Kier molecular flexibility index (Phi) is 5.38. The first-order chi connectivity index (χ1) is 11.1. The molecule has 0 saturated heterocycles. The second-order valence-corrected chi connectivity index (χ2v) is 7.87. The standard InChI is InChI=1S/C14H19F2N3O4S/c1-18(2)12-5-3-4-10(12)17-11-7-6-9(8-13(11)19(20)21)24(22,23)14(15)16/h6-8,10,12,14,17H,3-5H2,1-2H3/t10-,12-/m0/s1. The highest BCUT2D eigenvalue weighted by Gasteiger charge is 2.32. The topological polar surface area (TPSA) is 92.6 Å². The van der Waals surface area contributed by atoms with Crippen molar-refractivity contribution in [2.75, 3.05) is 19.4 Å². The molecule has 2 atom stereocenters. The Bertz CT molecular complexity index is 725. The molecule has 0 unspecified atom stereocenters. The molecule has 0 heterocycles. The van der Waals surface area contributed by atoms with Gasteiger partial charge in [0, 0.05) is 18.2 Å². The molecule has 0 radical (unpaired) electrons. The van der Waals surface area contributed by atoms with Gasteiger partial charge in [0.15, 0.2) is 0 Å². The number of likely N-dealkylation sites (N-methyl/N-ethyl adjacent to an activating group) is 1. The van der Waals surface area contributed by atoms with E-state index >= 15 is 0 Å². The van der Waals surface area contributed by atoms with Crippen LogP contribution >= 0.6 is 0 Å². The third-order valence-corrected chi connectivity index (χ3v) is 5.59. The summed E-state index contributed by atoms with van der Waals surface area (Å²) in [6.07, 6.45) is 2.72. The summed E-state index contributed by atoms with van der Waals surface area (Å²) in [5, 5.41) is 14.3. The third-order valence-electron chi connectivity index (χ3n) is 4.21. The van der Waals surface area contributed by atoms with Crippen molar-refractivity contribution in [1.82, 2.24) is 4.90 Å². The van der Waals surface area contributed by atoms with E-state index in [9.17, 15) is 27.3 Å². The number of halogens is 2. The Morgan fingerprint density at radius 1 is 1.33 bits per heavy atom. The van der Waals surface area contributed by atoms with Gasteiger partial charge >= 0.3 is 5.76 Å². The lowest BCUT2D eigenvalue weighted by Gasteiger charge is -2.27. The minimum absolute atomic E-state index is 0.0312. The van der Waals surface area contributed by atoms with Crippen LogP contribution in [-0.2, 0) is 9.84 Å². The molecule has 0 amide bonds. The summed E-state index contributed by atoms with van der Waals surface area (Å²) < 4.78 is 48.2. The Balaban J connectivity index is 2.36. The smallest absolute Gasteiger partial charge is 0.341 e. The van der Waals surface area contributed by atoms with Crippen molar-refractivity contribution in [3.05, 3.63) is 28.3 Å². The van der Waals surface area contributed by atoms with Crippen LogP contribution in [0.1, 0.15) is 19.3 Å². The summed E-state index contributed by atoms with van der Waals surface area (Å²) in [6.45, 7) is 0. The highest BCUT2D eigenvalue weighted by molar-refractivity contribution is 7.91. The third kappa shape index (κ3) is 3.64. The van der Waals surface area contributed by atoms with Crippen molar-refractivity contribution in [2.45, 2.75) is 42.0 Å². The molecule has 1 N–H and O–H groups in total. The summed E-state index contributed by atoms with van der Waals surface area (Å²) in [5.41, 5.74) is -0.395. The van der Waals surface area contributed by atoms with Crippen molar-refractivity contribution in [3.63, 3.8) is 0 Å². The van der Waals surface area contributed by atoms with Crippen molar-refractivity contribution in [2.24, 2.45) is 0 Å². The van der Waals surface area contributed by atoms with E-state index in [-0.39, 0.29) is 17.8 Å². The zero-order valence-electron chi connectivity index (χ0n) is 13.3. The fourth-order valence-corrected chi connectivity index (χ4v) is 3.73. The van der Waals surface area contributed by atoms with Crippen molar-refractivity contribution in [3.8, 4) is 0 Å². The lowest BCUT2D eigenvalue weighted by Crippen LogP contribution is -2.39. The maximum Gasteiger partial charge on any atom is 0.341 e. The van der Waals surface area contributed by atoms with Crippen molar-refractivity contribution < 1.29 is 22.1 Å². The molecule has 10 heteroatoms. The van der Waals surface area contributed by atoms with Crippen LogP contribution in [0.25, 0.3) is 0 Å². The first-order valence-corrected chi connectivity index (χ1v) is 8.92. The second kappa shape index (κ2) is 6.98. The van der Waals surface area contributed by atoms with E-state index in [2.05, 4.69) is 5.32 Å². The van der Waals surface area contributed by atoms with E-state index in [4.69, 9.17) is 0 Å². The Labute approximate surface area is 138 Å². The van der Waals surface area contributed by atoms with Crippen molar-refractivity contribution in [1.29, 1.82) is 0 Å². The summed E-state index contributed by atoms with van der Waals surface area (Å²) in [6, 6.07) is 2.99. The molecule has 1 saturated carbocycles. The van der Waals surface area contributed by atoms with Gasteiger partial charge in [-0.05, 0) is 45.5 Å². The average molecular weight is 363 g/mol. The first kappa shape index (κ1) is 18.5. The number of hydrogen-bond acceptors (Lipinski definition) is 6.